The number of thioether (sulfide) groups is 1. The highest BCUT2D eigenvalue weighted by Gasteiger charge is 2.33. The standard InChI is InChI=1S/C30H29F3N6O4S2/c31-30(32,33)24-11-5-6-12-25(24)35-27(40)20-44-29-37-36-26(39(29)22-9-3-1-4-10-22)19-34-28(41)21-13-15-23(16-14-21)45(42,43)38-17-7-2-8-18-38/h1,3-6,9-16H,2,7-8,17-20H2,(H,34,41)(H,35,40). The number of aromatic nitrogens is 3. The maximum absolute atomic E-state index is 13.3. The molecule has 0 aliphatic carbocycles. The van der Waals surface area contributed by atoms with E-state index in [0.717, 1.165) is 37.1 Å². The van der Waals surface area contributed by atoms with Gasteiger partial charge in [0.1, 0.15) is 0 Å². The van der Waals surface area contributed by atoms with Gasteiger partial charge in [-0.2, -0.15) is 17.5 Å². The van der Waals surface area contributed by atoms with Gasteiger partial charge in [-0.15, -0.1) is 10.2 Å². The number of amides is 2. The van der Waals surface area contributed by atoms with Gasteiger partial charge in [0.2, 0.25) is 15.9 Å². The second-order valence-electron chi connectivity index (χ2n) is 10.1. The number of carbonyl (C=O) groups excluding carboxylic acids is 2. The predicted molar refractivity (Wildman–Crippen MR) is 162 cm³/mol. The van der Waals surface area contributed by atoms with Gasteiger partial charge in [-0.25, -0.2) is 8.42 Å². The Kier molecular flexibility index (Phi) is 9.90. The lowest BCUT2D eigenvalue weighted by Crippen LogP contribution is -2.35. The first-order valence-electron chi connectivity index (χ1n) is 14.0. The summed E-state index contributed by atoms with van der Waals surface area (Å²) >= 11 is 0.972. The number of halogens is 3. The monoisotopic (exact) mass is 658 g/mol. The van der Waals surface area contributed by atoms with Gasteiger partial charge in [0.25, 0.3) is 5.91 Å². The average molecular weight is 659 g/mol. The van der Waals surface area contributed by atoms with Gasteiger partial charge in [0, 0.05) is 24.3 Å². The highest BCUT2D eigenvalue weighted by Crippen LogP contribution is 2.34. The molecule has 3 aromatic carbocycles. The number of piperidine rings is 1. The van der Waals surface area contributed by atoms with Gasteiger partial charge in [-0.05, 0) is 61.4 Å². The van der Waals surface area contributed by atoms with E-state index in [1.807, 2.05) is 6.07 Å². The van der Waals surface area contributed by atoms with Crippen molar-refractivity contribution in [1.82, 2.24) is 24.4 Å². The van der Waals surface area contributed by atoms with E-state index in [2.05, 4.69) is 20.8 Å². The summed E-state index contributed by atoms with van der Waals surface area (Å²) in [4.78, 5) is 25.7. The van der Waals surface area contributed by atoms with E-state index in [4.69, 9.17) is 0 Å². The van der Waals surface area contributed by atoms with Crippen molar-refractivity contribution >= 4 is 39.3 Å². The number of para-hydroxylation sites is 2. The number of benzene rings is 3. The molecule has 0 unspecified atom stereocenters. The molecule has 2 amide bonds. The van der Waals surface area contributed by atoms with Crippen LogP contribution in [0.3, 0.4) is 0 Å². The largest absolute Gasteiger partial charge is 0.418 e. The molecule has 0 bridgehead atoms. The number of nitrogens with zero attached hydrogens (tertiary/aromatic N) is 4. The molecule has 5 rings (SSSR count). The van der Waals surface area contributed by atoms with Crippen LogP contribution >= 0.6 is 11.8 Å². The molecule has 0 atom stereocenters. The van der Waals surface area contributed by atoms with Gasteiger partial charge >= 0.3 is 6.18 Å². The van der Waals surface area contributed by atoms with Crippen LogP contribution in [0.2, 0.25) is 0 Å². The van der Waals surface area contributed by atoms with Crippen LogP contribution in [-0.4, -0.2) is 58.1 Å². The lowest BCUT2D eigenvalue weighted by atomic mass is 10.1. The molecule has 15 heteroatoms. The third kappa shape index (κ3) is 7.72. The van der Waals surface area contributed by atoms with Crippen molar-refractivity contribution in [2.45, 2.75) is 42.0 Å². The Morgan fingerprint density at radius 3 is 2.22 bits per heavy atom. The van der Waals surface area contributed by atoms with Crippen molar-refractivity contribution in [3.05, 3.63) is 95.8 Å². The maximum Gasteiger partial charge on any atom is 0.418 e. The predicted octanol–water partition coefficient (Wildman–Crippen LogP) is 5.12. The van der Waals surface area contributed by atoms with Crippen LogP contribution in [0.15, 0.2) is 88.9 Å². The highest BCUT2D eigenvalue weighted by molar-refractivity contribution is 7.99. The zero-order valence-corrected chi connectivity index (χ0v) is 25.5. The SMILES string of the molecule is O=C(CSc1nnc(CNC(=O)c2ccc(S(=O)(=O)N3CCCCC3)cc2)n1-c1ccccc1)Nc1ccccc1C(F)(F)F. The average Bonchev–Trinajstić information content (AvgIpc) is 3.46. The quantitative estimate of drug-likeness (QED) is 0.227. The topological polar surface area (TPSA) is 126 Å². The smallest absolute Gasteiger partial charge is 0.345 e. The molecule has 10 nitrogen and oxygen atoms in total. The number of hydrogen-bond donors (Lipinski definition) is 2. The third-order valence-electron chi connectivity index (χ3n) is 7.03. The molecule has 45 heavy (non-hydrogen) atoms. The van der Waals surface area contributed by atoms with Crippen LogP contribution in [0.25, 0.3) is 5.69 Å². The van der Waals surface area contributed by atoms with Gasteiger partial charge in [0.15, 0.2) is 11.0 Å². The Morgan fingerprint density at radius 2 is 1.53 bits per heavy atom. The van der Waals surface area contributed by atoms with E-state index in [9.17, 15) is 31.2 Å². The molecule has 1 aromatic heterocycles. The van der Waals surface area contributed by atoms with Gasteiger partial charge < -0.3 is 10.6 Å². The number of nitrogens with one attached hydrogen (secondary N) is 2. The lowest BCUT2D eigenvalue weighted by molar-refractivity contribution is -0.137. The van der Waals surface area contributed by atoms with Crippen LogP contribution in [0, 0.1) is 0 Å². The molecule has 1 aliphatic heterocycles. The van der Waals surface area contributed by atoms with E-state index in [0.29, 0.717) is 24.6 Å². The van der Waals surface area contributed by atoms with Gasteiger partial charge in [-0.3, -0.25) is 14.2 Å². The van der Waals surface area contributed by atoms with Crippen molar-refractivity contribution in [2.24, 2.45) is 0 Å². The highest BCUT2D eigenvalue weighted by atomic mass is 32.2. The van der Waals surface area contributed by atoms with E-state index < -0.39 is 33.6 Å². The number of sulfonamides is 1. The summed E-state index contributed by atoms with van der Waals surface area (Å²) in [5.41, 5.74) is -0.402. The summed E-state index contributed by atoms with van der Waals surface area (Å²) < 4.78 is 69.0. The molecular weight excluding hydrogens is 629 g/mol. The second kappa shape index (κ2) is 13.8. The van der Waals surface area contributed by atoms with Crippen LogP contribution in [-0.2, 0) is 27.5 Å². The van der Waals surface area contributed by atoms with Crippen LogP contribution in [0.1, 0.15) is 41.0 Å². The summed E-state index contributed by atoms with van der Waals surface area (Å²) in [6, 6.07) is 19.4. The third-order valence-corrected chi connectivity index (χ3v) is 9.87. The van der Waals surface area contributed by atoms with Crippen molar-refractivity contribution in [1.29, 1.82) is 0 Å². The fourth-order valence-corrected chi connectivity index (χ4v) is 7.08. The normalized spacial score (nSPS) is 14.2. The molecule has 0 spiro atoms. The fraction of sp³-hybridized carbons (Fsp3) is 0.267. The van der Waals surface area contributed by atoms with E-state index in [1.165, 1.54) is 46.8 Å². The second-order valence-corrected chi connectivity index (χ2v) is 13.0. The molecule has 1 saturated heterocycles. The Labute approximate surface area is 262 Å². The van der Waals surface area contributed by atoms with Crippen LogP contribution in [0.4, 0.5) is 18.9 Å². The Morgan fingerprint density at radius 1 is 0.867 bits per heavy atom. The first-order chi connectivity index (χ1) is 21.5. The fourth-order valence-electron chi connectivity index (χ4n) is 4.79. The molecule has 4 aromatic rings. The number of hydrogen-bond acceptors (Lipinski definition) is 7. The molecular formula is C30H29F3N6O4S2. The Bertz CT molecular complexity index is 1760. The number of alkyl halides is 3. The molecule has 1 fully saturated rings. The summed E-state index contributed by atoms with van der Waals surface area (Å²) in [6.45, 7) is 0.896. The summed E-state index contributed by atoms with van der Waals surface area (Å²) in [6.07, 6.45) is -2.00. The molecule has 1 aliphatic rings. The minimum atomic E-state index is -4.63. The zero-order valence-electron chi connectivity index (χ0n) is 23.8. The van der Waals surface area contributed by atoms with Crippen LogP contribution < -0.4 is 10.6 Å². The number of rotatable bonds is 10. The lowest BCUT2D eigenvalue weighted by Gasteiger charge is -2.25. The minimum absolute atomic E-state index is 0.0553. The molecule has 0 radical (unpaired) electrons. The number of anilines is 1. The number of carbonyl (C=O) groups is 2. The van der Waals surface area contributed by atoms with Crippen molar-refractivity contribution in [3.63, 3.8) is 0 Å². The first-order valence-corrected chi connectivity index (χ1v) is 16.4. The maximum atomic E-state index is 13.3. The molecule has 2 heterocycles. The first kappa shape index (κ1) is 32.2. The zero-order chi connectivity index (χ0) is 32.0. The van der Waals surface area contributed by atoms with E-state index in [-0.39, 0.29) is 33.6 Å². The molecule has 0 saturated carbocycles. The minimum Gasteiger partial charge on any atom is -0.345 e. The van der Waals surface area contributed by atoms with Crippen molar-refractivity contribution in [2.75, 3.05) is 24.2 Å². The van der Waals surface area contributed by atoms with Gasteiger partial charge in [0.05, 0.1) is 28.4 Å². The summed E-state index contributed by atoms with van der Waals surface area (Å²) in [5, 5.41) is 13.7. The van der Waals surface area contributed by atoms with Crippen LogP contribution in [0.5, 0.6) is 0 Å². The van der Waals surface area contributed by atoms with Gasteiger partial charge in [-0.1, -0.05) is 48.5 Å². The summed E-state index contributed by atoms with van der Waals surface area (Å²) in [7, 11) is -3.63. The van der Waals surface area contributed by atoms with E-state index in [1.54, 1.807) is 28.8 Å². The van der Waals surface area contributed by atoms with Crippen molar-refractivity contribution < 1.29 is 31.2 Å². The Hall–Kier alpha value is -4.21. The van der Waals surface area contributed by atoms with Crippen molar-refractivity contribution in [3.8, 4) is 5.69 Å². The van der Waals surface area contributed by atoms with E-state index >= 15 is 0 Å². The molecule has 236 valence electrons. The summed E-state index contributed by atoms with van der Waals surface area (Å²) in [5.74, 6) is -1.04. The molecule has 2 N–H and O–H groups in total. The Balaban J connectivity index is 1.26.